The van der Waals surface area contributed by atoms with E-state index in [0.717, 1.165) is 28.0 Å². The number of ether oxygens (including phenoxy) is 1. The van der Waals surface area contributed by atoms with Crippen molar-refractivity contribution in [3.05, 3.63) is 58.1 Å². The van der Waals surface area contributed by atoms with E-state index in [1.54, 1.807) is 0 Å². The van der Waals surface area contributed by atoms with E-state index in [4.69, 9.17) is 16.3 Å². The van der Waals surface area contributed by atoms with Crippen LogP contribution in [0.3, 0.4) is 0 Å². The molecule has 4 heteroatoms. The molecule has 0 aliphatic rings. The maximum Gasteiger partial charge on any atom is 0.123 e. The summed E-state index contributed by atoms with van der Waals surface area (Å²) >= 11 is 9.44. The smallest absolute Gasteiger partial charge is 0.123 e. The molecule has 0 unspecified atom stereocenters. The summed E-state index contributed by atoms with van der Waals surface area (Å²) in [6.07, 6.45) is 0. The van der Waals surface area contributed by atoms with Gasteiger partial charge in [-0.2, -0.15) is 0 Å². The maximum atomic E-state index is 5.96. The van der Waals surface area contributed by atoms with Crippen LogP contribution in [-0.2, 0) is 12.4 Å². The van der Waals surface area contributed by atoms with Gasteiger partial charge in [0.05, 0.1) is 12.5 Å². The second kappa shape index (κ2) is 7.55. The maximum absolute atomic E-state index is 5.96. The van der Waals surface area contributed by atoms with E-state index in [1.807, 2.05) is 37.3 Å². The molecular formula is C16H17BrClNO. The predicted octanol–water partition coefficient (Wildman–Crippen LogP) is 5.20. The number of benzene rings is 2. The lowest BCUT2D eigenvalue weighted by molar-refractivity contribution is 0.337. The van der Waals surface area contributed by atoms with E-state index < -0.39 is 0 Å². The Balaban J connectivity index is 2.06. The van der Waals surface area contributed by atoms with Gasteiger partial charge in [0, 0.05) is 22.3 Å². The Hall–Kier alpha value is -1.19. The summed E-state index contributed by atoms with van der Waals surface area (Å²) in [4.78, 5) is 0. The SMILES string of the molecule is CCOc1ccc(NCc2cccc(Br)c2)cc1CCl. The lowest BCUT2D eigenvalue weighted by atomic mass is 10.2. The minimum absolute atomic E-state index is 0.446. The number of alkyl halides is 1. The average Bonchev–Trinajstić information content (AvgIpc) is 2.46. The molecule has 0 heterocycles. The van der Waals surface area contributed by atoms with Crippen LogP contribution in [0.2, 0.25) is 0 Å². The number of halogens is 2. The van der Waals surface area contributed by atoms with Gasteiger partial charge in [-0.15, -0.1) is 11.6 Å². The van der Waals surface area contributed by atoms with Gasteiger partial charge < -0.3 is 10.1 Å². The lowest BCUT2D eigenvalue weighted by Crippen LogP contribution is -2.01. The van der Waals surface area contributed by atoms with Crippen molar-refractivity contribution in [3.8, 4) is 5.75 Å². The van der Waals surface area contributed by atoms with Gasteiger partial charge in [-0.25, -0.2) is 0 Å². The van der Waals surface area contributed by atoms with Gasteiger partial charge in [0.2, 0.25) is 0 Å². The number of anilines is 1. The molecular weight excluding hydrogens is 338 g/mol. The van der Waals surface area contributed by atoms with Gasteiger partial charge in [0.15, 0.2) is 0 Å². The van der Waals surface area contributed by atoms with Crippen LogP contribution in [-0.4, -0.2) is 6.61 Å². The molecule has 2 aromatic carbocycles. The van der Waals surface area contributed by atoms with Crippen LogP contribution in [0.5, 0.6) is 5.75 Å². The van der Waals surface area contributed by atoms with E-state index in [1.165, 1.54) is 5.56 Å². The van der Waals surface area contributed by atoms with Crippen molar-refractivity contribution in [2.75, 3.05) is 11.9 Å². The van der Waals surface area contributed by atoms with E-state index in [0.29, 0.717) is 12.5 Å². The first-order valence-corrected chi connectivity index (χ1v) is 7.85. The second-order valence-corrected chi connectivity index (χ2v) is 5.56. The van der Waals surface area contributed by atoms with Crippen LogP contribution in [0.15, 0.2) is 46.9 Å². The van der Waals surface area contributed by atoms with Crippen molar-refractivity contribution in [1.29, 1.82) is 0 Å². The molecule has 0 saturated heterocycles. The average molecular weight is 355 g/mol. The lowest BCUT2D eigenvalue weighted by Gasteiger charge is -2.12. The Bertz CT molecular complexity index is 574. The number of nitrogens with one attached hydrogen (secondary N) is 1. The molecule has 20 heavy (non-hydrogen) atoms. The number of hydrogen-bond donors (Lipinski definition) is 1. The van der Waals surface area contributed by atoms with Crippen LogP contribution in [0, 0.1) is 0 Å². The van der Waals surface area contributed by atoms with E-state index in [-0.39, 0.29) is 0 Å². The highest BCUT2D eigenvalue weighted by atomic mass is 79.9. The summed E-state index contributed by atoms with van der Waals surface area (Å²) in [6.45, 7) is 3.39. The van der Waals surface area contributed by atoms with Gasteiger partial charge in [-0.3, -0.25) is 0 Å². The van der Waals surface area contributed by atoms with Crippen LogP contribution in [0.1, 0.15) is 18.1 Å². The van der Waals surface area contributed by atoms with Gasteiger partial charge >= 0.3 is 0 Å². The largest absolute Gasteiger partial charge is 0.494 e. The molecule has 0 amide bonds. The highest BCUT2D eigenvalue weighted by Crippen LogP contribution is 2.25. The van der Waals surface area contributed by atoms with E-state index in [9.17, 15) is 0 Å². The summed E-state index contributed by atoms with van der Waals surface area (Å²) in [5.41, 5.74) is 3.28. The molecule has 2 rings (SSSR count). The zero-order valence-corrected chi connectivity index (χ0v) is 13.7. The van der Waals surface area contributed by atoms with Gasteiger partial charge in [0.1, 0.15) is 5.75 Å². The molecule has 0 radical (unpaired) electrons. The third-order valence-corrected chi connectivity index (χ3v) is 3.67. The highest BCUT2D eigenvalue weighted by Gasteiger charge is 2.04. The summed E-state index contributed by atoms with van der Waals surface area (Å²) in [7, 11) is 0. The van der Waals surface area contributed by atoms with Crippen molar-refractivity contribution in [1.82, 2.24) is 0 Å². The zero-order chi connectivity index (χ0) is 14.4. The molecule has 0 saturated carbocycles. The van der Waals surface area contributed by atoms with Crippen LogP contribution < -0.4 is 10.1 Å². The van der Waals surface area contributed by atoms with Gasteiger partial charge in [-0.05, 0) is 42.8 Å². The second-order valence-electron chi connectivity index (χ2n) is 4.37. The minimum atomic E-state index is 0.446. The molecule has 106 valence electrons. The third kappa shape index (κ3) is 4.15. The standard InChI is InChI=1S/C16H17BrClNO/c1-2-20-16-7-6-15(9-13(16)10-18)19-11-12-4-3-5-14(17)8-12/h3-9,19H,2,10-11H2,1H3. The topological polar surface area (TPSA) is 21.3 Å². The fourth-order valence-electron chi connectivity index (χ4n) is 1.94. The summed E-state index contributed by atoms with van der Waals surface area (Å²) in [5, 5.41) is 3.40. The Morgan fingerprint density at radius 2 is 2.05 bits per heavy atom. The molecule has 0 atom stereocenters. The fraction of sp³-hybridized carbons (Fsp3) is 0.250. The minimum Gasteiger partial charge on any atom is -0.494 e. The monoisotopic (exact) mass is 353 g/mol. The molecule has 0 aliphatic carbocycles. The van der Waals surface area contributed by atoms with Gasteiger partial charge in [0.25, 0.3) is 0 Å². The number of hydrogen-bond acceptors (Lipinski definition) is 2. The van der Waals surface area contributed by atoms with Crippen LogP contribution in [0.4, 0.5) is 5.69 Å². The molecule has 0 bridgehead atoms. The summed E-state index contributed by atoms with van der Waals surface area (Å²) in [5.74, 6) is 1.30. The quantitative estimate of drug-likeness (QED) is 0.720. The van der Waals surface area contributed by atoms with Crippen molar-refractivity contribution in [2.24, 2.45) is 0 Å². The molecule has 0 aromatic heterocycles. The molecule has 2 aromatic rings. The first kappa shape index (κ1) is 15.2. The zero-order valence-electron chi connectivity index (χ0n) is 11.3. The molecule has 1 N–H and O–H groups in total. The molecule has 2 nitrogen and oxygen atoms in total. The third-order valence-electron chi connectivity index (χ3n) is 2.89. The van der Waals surface area contributed by atoms with Gasteiger partial charge in [-0.1, -0.05) is 28.1 Å². The van der Waals surface area contributed by atoms with Crippen LogP contribution >= 0.6 is 27.5 Å². The van der Waals surface area contributed by atoms with Crippen molar-refractivity contribution >= 4 is 33.2 Å². The molecule has 0 spiro atoms. The number of rotatable bonds is 6. The van der Waals surface area contributed by atoms with E-state index >= 15 is 0 Å². The fourth-order valence-corrected chi connectivity index (χ4v) is 2.60. The molecule has 0 aliphatic heterocycles. The Morgan fingerprint density at radius 3 is 2.75 bits per heavy atom. The summed E-state index contributed by atoms with van der Waals surface area (Å²) < 4.78 is 6.63. The summed E-state index contributed by atoms with van der Waals surface area (Å²) in [6, 6.07) is 14.3. The molecule has 0 fully saturated rings. The van der Waals surface area contributed by atoms with E-state index in [2.05, 4.69) is 33.4 Å². The first-order chi connectivity index (χ1) is 9.72. The van der Waals surface area contributed by atoms with Crippen molar-refractivity contribution in [3.63, 3.8) is 0 Å². The highest BCUT2D eigenvalue weighted by molar-refractivity contribution is 9.10. The Labute approximate surface area is 133 Å². The Morgan fingerprint density at radius 1 is 1.20 bits per heavy atom. The Kier molecular flexibility index (Phi) is 5.74. The van der Waals surface area contributed by atoms with Crippen molar-refractivity contribution < 1.29 is 4.74 Å². The predicted molar refractivity (Wildman–Crippen MR) is 88.6 cm³/mol. The normalized spacial score (nSPS) is 10.3. The first-order valence-electron chi connectivity index (χ1n) is 6.53. The van der Waals surface area contributed by atoms with Crippen molar-refractivity contribution in [2.45, 2.75) is 19.3 Å². The van der Waals surface area contributed by atoms with Crippen LogP contribution in [0.25, 0.3) is 0 Å².